The SMILES string of the molecule is COc1ccc(C(=O)C2(O)CCCCC2C(=O)OCCOC(C)O)cc1. The number of methoxy groups -OCH3 is 1. The number of ether oxygens (including phenoxy) is 3. The maximum atomic E-state index is 12.9. The Bertz CT molecular complexity index is 611. The summed E-state index contributed by atoms with van der Waals surface area (Å²) >= 11 is 0. The van der Waals surface area contributed by atoms with E-state index in [1.54, 1.807) is 24.3 Å². The van der Waals surface area contributed by atoms with Crippen LogP contribution in [0.25, 0.3) is 0 Å². The first-order valence-electron chi connectivity index (χ1n) is 8.76. The van der Waals surface area contributed by atoms with Gasteiger partial charge in [0, 0.05) is 5.56 Å². The third kappa shape index (κ3) is 4.81. The van der Waals surface area contributed by atoms with Gasteiger partial charge in [-0.3, -0.25) is 9.59 Å². The summed E-state index contributed by atoms with van der Waals surface area (Å²) in [5, 5.41) is 20.1. The summed E-state index contributed by atoms with van der Waals surface area (Å²) in [5.74, 6) is -1.42. The topological polar surface area (TPSA) is 102 Å². The zero-order valence-electron chi connectivity index (χ0n) is 15.1. The van der Waals surface area contributed by atoms with Gasteiger partial charge in [0.05, 0.1) is 19.6 Å². The van der Waals surface area contributed by atoms with E-state index in [-0.39, 0.29) is 19.6 Å². The van der Waals surface area contributed by atoms with E-state index in [1.807, 2.05) is 0 Å². The Balaban J connectivity index is 2.09. The van der Waals surface area contributed by atoms with E-state index >= 15 is 0 Å². The van der Waals surface area contributed by atoms with Crippen molar-refractivity contribution in [1.82, 2.24) is 0 Å². The third-order valence-electron chi connectivity index (χ3n) is 4.59. The number of ketones is 1. The van der Waals surface area contributed by atoms with E-state index in [0.29, 0.717) is 24.2 Å². The first-order valence-corrected chi connectivity index (χ1v) is 8.76. The summed E-state index contributed by atoms with van der Waals surface area (Å²) in [4.78, 5) is 25.3. The molecule has 3 unspecified atom stereocenters. The van der Waals surface area contributed by atoms with Crippen molar-refractivity contribution in [2.45, 2.75) is 44.5 Å². The Morgan fingerprint density at radius 3 is 2.54 bits per heavy atom. The van der Waals surface area contributed by atoms with Crippen molar-refractivity contribution >= 4 is 11.8 Å². The molecule has 3 atom stereocenters. The van der Waals surface area contributed by atoms with Crippen molar-refractivity contribution < 1.29 is 34.0 Å². The van der Waals surface area contributed by atoms with Crippen molar-refractivity contribution in [1.29, 1.82) is 0 Å². The first-order chi connectivity index (χ1) is 12.4. The molecule has 26 heavy (non-hydrogen) atoms. The zero-order valence-corrected chi connectivity index (χ0v) is 15.1. The van der Waals surface area contributed by atoms with Crippen LogP contribution in [0.1, 0.15) is 43.0 Å². The quantitative estimate of drug-likeness (QED) is 0.312. The third-order valence-corrected chi connectivity index (χ3v) is 4.59. The van der Waals surface area contributed by atoms with Crippen LogP contribution in [-0.4, -0.2) is 54.2 Å². The molecule has 1 aliphatic carbocycles. The number of rotatable bonds is 8. The lowest BCUT2D eigenvalue weighted by Gasteiger charge is -2.37. The number of carbonyl (C=O) groups is 2. The lowest BCUT2D eigenvalue weighted by molar-refractivity contribution is -0.163. The van der Waals surface area contributed by atoms with Crippen LogP contribution in [0.4, 0.5) is 0 Å². The number of hydrogen-bond donors (Lipinski definition) is 2. The standard InChI is InChI=1S/C19H26O7/c1-13(20)25-11-12-26-18(22)16-5-3-4-10-19(16,23)17(21)14-6-8-15(24-2)9-7-14/h6-9,13,16,20,23H,3-5,10-12H2,1-2H3. The van der Waals surface area contributed by atoms with E-state index in [9.17, 15) is 14.7 Å². The monoisotopic (exact) mass is 366 g/mol. The van der Waals surface area contributed by atoms with Gasteiger partial charge >= 0.3 is 5.97 Å². The van der Waals surface area contributed by atoms with Gasteiger partial charge in [-0.25, -0.2) is 0 Å². The second-order valence-corrected chi connectivity index (χ2v) is 6.42. The Morgan fingerprint density at radius 1 is 1.23 bits per heavy atom. The number of hydrogen-bond acceptors (Lipinski definition) is 7. The van der Waals surface area contributed by atoms with Crippen LogP contribution in [0.3, 0.4) is 0 Å². The molecule has 7 heteroatoms. The summed E-state index contributed by atoms with van der Waals surface area (Å²) in [6.45, 7) is 1.45. The van der Waals surface area contributed by atoms with E-state index in [1.165, 1.54) is 14.0 Å². The smallest absolute Gasteiger partial charge is 0.312 e. The van der Waals surface area contributed by atoms with Crippen molar-refractivity contribution in [3.8, 4) is 5.75 Å². The van der Waals surface area contributed by atoms with Gasteiger partial charge in [-0.1, -0.05) is 12.8 Å². The van der Waals surface area contributed by atoms with Gasteiger partial charge in [-0.05, 0) is 44.0 Å². The number of carbonyl (C=O) groups excluding carboxylic acids is 2. The molecule has 144 valence electrons. The molecule has 0 amide bonds. The average Bonchev–Trinajstić information content (AvgIpc) is 2.64. The van der Waals surface area contributed by atoms with E-state index in [0.717, 1.165) is 6.42 Å². The van der Waals surface area contributed by atoms with Gasteiger partial charge in [-0.15, -0.1) is 0 Å². The van der Waals surface area contributed by atoms with E-state index in [2.05, 4.69) is 0 Å². The molecule has 1 saturated carbocycles. The molecule has 1 fully saturated rings. The molecule has 0 bridgehead atoms. The van der Waals surface area contributed by atoms with Gasteiger partial charge in [0.2, 0.25) is 0 Å². The van der Waals surface area contributed by atoms with E-state index < -0.39 is 29.6 Å². The van der Waals surface area contributed by atoms with Crippen LogP contribution in [0.15, 0.2) is 24.3 Å². The highest BCUT2D eigenvalue weighted by Crippen LogP contribution is 2.37. The molecule has 0 aromatic heterocycles. The molecule has 1 aromatic rings. The zero-order chi connectivity index (χ0) is 19.2. The molecular weight excluding hydrogens is 340 g/mol. The highest BCUT2D eigenvalue weighted by molar-refractivity contribution is 6.05. The first kappa shape index (κ1) is 20.4. The number of aliphatic hydroxyl groups excluding tert-OH is 1. The normalized spacial score (nSPS) is 23.9. The Labute approximate surface area is 152 Å². The van der Waals surface area contributed by atoms with Crippen LogP contribution >= 0.6 is 0 Å². The Hall–Kier alpha value is -1.96. The van der Waals surface area contributed by atoms with Crippen molar-refractivity contribution in [2.24, 2.45) is 5.92 Å². The van der Waals surface area contributed by atoms with Crippen molar-refractivity contribution in [3.63, 3.8) is 0 Å². The summed E-state index contributed by atoms with van der Waals surface area (Å²) in [5.41, 5.74) is -1.46. The van der Waals surface area contributed by atoms with Crippen LogP contribution in [0, 0.1) is 5.92 Å². The molecule has 0 aliphatic heterocycles. The van der Waals surface area contributed by atoms with Crippen LogP contribution in [0.2, 0.25) is 0 Å². The van der Waals surface area contributed by atoms with Gasteiger partial charge in [0.15, 0.2) is 12.1 Å². The fourth-order valence-electron chi connectivity index (χ4n) is 3.19. The maximum Gasteiger partial charge on any atom is 0.312 e. The predicted molar refractivity (Wildman–Crippen MR) is 92.8 cm³/mol. The molecule has 2 rings (SSSR count). The highest BCUT2D eigenvalue weighted by atomic mass is 16.6. The van der Waals surface area contributed by atoms with Gasteiger partial charge in [0.1, 0.15) is 18.0 Å². The summed E-state index contributed by atoms with van der Waals surface area (Å²) in [7, 11) is 1.53. The molecule has 0 saturated heterocycles. The maximum absolute atomic E-state index is 12.9. The fourth-order valence-corrected chi connectivity index (χ4v) is 3.19. The van der Waals surface area contributed by atoms with Crippen molar-refractivity contribution in [2.75, 3.05) is 20.3 Å². The molecule has 1 aliphatic rings. The molecule has 0 heterocycles. The molecule has 2 N–H and O–H groups in total. The van der Waals surface area contributed by atoms with Crippen LogP contribution in [-0.2, 0) is 14.3 Å². The minimum Gasteiger partial charge on any atom is -0.497 e. The predicted octanol–water partition coefficient (Wildman–Crippen LogP) is 1.70. The minimum atomic E-state index is -1.78. The Morgan fingerprint density at radius 2 is 1.92 bits per heavy atom. The van der Waals surface area contributed by atoms with Gasteiger partial charge in [0.25, 0.3) is 0 Å². The number of Topliss-reactive ketones (excluding diaryl/α,β-unsaturated/α-hetero) is 1. The lowest BCUT2D eigenvalue weighted by atomic mass is 9.71. The molecule has 0 spiro atoms. The summed E-state index contributed by atoms with van der Waals surface area (Å²) in [6, 6.07) is 6.43. The van der Waals surface area contributed by atoms with Gasteiger partial charge in [-0.2, -0.15) is 0 Å². The molecule has 1 aromatic carbocycles. The van der Waals surface area contributed by atoms with E-state index in [4.69, 9.17) is 19.3 Å². The van der Waals surface area contributed by atoms with Crippen LogP contribution < -0.4 is 4.74 Å². The fraction of sp³-hybridized carbons (Fsp3) is 0.579. The lowest BCUT2D eigenvalue weighted by Crippen LogP contribution is -2.51. The highest BCUT2D eigenvalue weighted by Gasteiger charge is 2.49. The summed E-state index contributed by atoms with van der Waals surface area (Å²) in [6.07, 6.45) is 1.04. The van der Waals surface area contributed by atoms with Gasteiger partial charge < -0.3 is 24.4 Å². The largest absolute Gasteiger partial charge is 0.497 e. The second kappa shape index (κ2) is 9.12. The molecule has 7 nitrogen and oxygen atoms in total. The second-order valence-electron chi connectivity index (χ2n) is 6.42. The minimum absolute atomic E-state index is 0.0426. The Kier molecular flexibility index (Phi) is 7.14. The molecular formula is C19H26O7. The number of esters is 1. The number of aliphatic hydroxyl groups is 2. The average molecular weight is 366 g/mol. The molecule has 0 radical (unpaired) electrons. The summed E-state index contributed by atoms with van der Waals surface area (Å²) < 4.78 is 15.1. The van der Waals surface area contributed by atoms with Crippen molar-refractivity contribution in [3.05, 3.63) is 29.8 Å². The van der Waals surface area contributed by atoms with Crippen LogP contribution in [0.5, 0.6) is 5.75 Å². The number of benzene rings is 1.